The van der Waals surface area contributed by atoms with Gasteiger partial charge in [0.05, 0.1) is 13.7 Å². The number of rotatable bonds is 7. The van der Waals surface area contributed by atoms with Crippen LogP contribution in [0.4, 0.5) is 0 Å². The third kappa shape index (κ3) is 4.18. The number of methoxy groups -OCH3 is 1. The minimum absolute atomic E-state index is 0.269. The zero-order valence-corrected chi connectivity index (χ0v) is 13.5. The van der Waals surface area contributed by atoms with Crippen molar-refractivity contribution in [1.82, 2.24) is 0 Å². The van der Waals surface area contributed by atoms with Crippen molar-refractivity contribution in [2.24, 2.45) is 0 Å². The van der Waals surface area contributed by atoms with E-state index in [4.69, 9.17) is 9.47 Å². The van der Waals surface area contributed by atoms with E-state index in [1.165, 1.54) is 11.1 Å². The smallest absolute Gasteiger partial charge is 0.161 e. The van der Waals surface area contributed by atoms with Gasteiger partial charge in [-0.1, -0.05) is 43.3 Å². The highest BCUT2D eigenvalue weighted by atomic mass is 32.1. The summed E-state index contributed by atoms with van der Waals surface area (Å²) < 4.78 is 11.4. The lowest BCUT2D eigenvalue weighted by Gasteiger charge is -2.17. The largest absolute Gasteiger partial charge is 0.493 e. The second-order valence-corrected chi connectivity index (χ2v) is 5.31. The van der Waals surface area contributed by atoms with Crippen LogP contribution in [0.3, 0.4) is 0 Å². The predicted molar refractivity (Wildman–Crippen MR) is 90.9 cm³/mol. The molecule has 112 valence electrons. The van der Waals surface area contributed by atoms with Crippen molar-refractivity contribution >= 4 is 12.6 Å². The van der Waals surface area contributed by atoms with Crippen LogP contribution in [-0.4, -0.2) is 19.5 Å². The van der Waals surface area contributed by atoms with E-state index in [9.17, 15) is 0 Å². The summed E-state index contributed by atoms with van der Waals surface area (Å²) in [6.45, 7) is 2.72. The fourth-order valence-electron chi connectivity index (χ4n) is 2.22. The summed E-state index contributed by atoms with van der Waals surface area (Å²) in [6, 6.07) is 16.4. The Morgan fingerprint density at radius 1 is 1.05 bits per heavy atom. The van der Waals surface area contributed by atoms with E-state index in [1.807, 2.05) is 30.3 Å². The molecule has 0 radical (unpaired) electrons. The molecule has 1 unspecified atom stereocenters. The first-order chi connectivity index (χ1) is 10.3. The molecule has 2 aromatic rings. The topological polar surface area (TPSA) is 18.5 Å². The highest BCUT2D eigenvalue weighted by Gasteiger charge is 2.12. The van der Waals surface area contributed by atoms with E-state index in [-0.39, 0.29) is 5.92 Å². The molecule has 0 saturated carbocycles. The average molecular weight is 302 g/mol. The van der Waals surface area contributed by atoms with Crippen LogP contribution >= 0.6 is 12.6 Å². The molecular formula is C18H22O2S. The van der Waals surface area contributed by atoms with Gasteiger partial charge < -0.3 is 9.47 Å². The maximum atomic E-state index is 5.96. The lowest BCUT2D eigenvalue weighted by Crippen LogP contribution is -2.12. The molecule has 2 aromatic carbocycles. The Morgan fingerprint density at radius 3 is 2.43 bits per heavy atom. The molecule has 0 N–H and O–H groups in total. The zero-order chi connectivity index (χ0) is 15.1. The first kappa shape index (κ1) is 15.8. The van der Waals surface area contributed by atoms with E-state index in [2.05, 4.69) is 37.8 Å². The summed E-state index contributed by atoms with van der Waals surface area (Å²) in [4.78, 5) is 0. The number of ether oxygens (including phenoxy) is 2. The first-order valence-electron chi connectivity index (χ1n) is 7.24. The van der Waals surface area contributed by atoms with Crippen molar-refractivity contribution in [3.8, 4) is 11.5 Å². The Bertz CT molecular complexity index is 554. The van der Waals surface area contributed by atoms with Gasteiger partial charge in [0.25, 0.3) is 0 Å². The standard InChI is InChI=1S/C18H22O2S/c1-3-14-9-10-17(18(11-14)19-2)20-12-16(13-21)15-7-5-4-6-8-15/h4-11,16,21H,3,12-13H2,1-2H3. The van der Waals surface area contributed by atoms with Gasteiger partial charge in [-0.2, -0.15) is 12.6 Å². The lowest BCUT2D eigenvalue weighted by molar-refractivity contribution is 0.279. The van der Waals surface area contributed by atoms with Gasteiger partial charge in [0.15, 0.2) is 11.5 Å². The van der Waals surface area contributed by atoms with Crippen molar-refractivity contribution < 1.29 is 9.47 Å². The molecule has 0 aliphatic carbocycles. The molecule has 21 heavy (non-hydrogen) atoms. The van der Waals surface area contributed by atoms with Gasteiger partial charge in [-0.15, -0.1) is 0 Å². The third-order valence-corrected chi connectivity index (χ3v) is 4.01. The van der Waals surface area contributed by atoms with Crippen molar-refractivity contribution in [1.29, 1.82) is 0 Å². The predicted octanol–water partition coefficient (Wildman–Crippen LogP) is 4.35. The van der Waals surface area contributed by atoms with Gasteiger partial charge in [0.2, 0.25) is 0 Å². The SMILES string of the molecule is CCc1ccc(OCC(CS)c2ccccc2)c(OC)c1. The van der Waals surface area contributed by atoms with Crippen LogP contribution in [0.5, 0.6) is 11.5 Å². The maximum Gasteiger partial charge on any atom is 0.161 e. The second-order valence-electron chi connectivity index (χ2n) is 4.94. The molecule has 3 heteroatoms. The summed E-state index contributed by atoms with van der Waals surface area (Å²) in [5.41, 5.74) is 2.49. The fourth-order valence-corrected chi connectivity index (χ4v) is 2.54. The molecule has 0 aliphatic rings. The lowest BCUT2D eigenvalue weighted by atomic mass is 10.0. The Kier molecular flexibility index (Phi) is 6.00. The minimum atomic E-state index is 0.269. The number of hydrogen-bond donors (Lipinski definition) is 1. The van der Waals surface area contributed by atoms with Gasteiger partial charge in [-0.05, 0) is 29.7 Å². The first-order valence-corrected chi connectivity index (χ1v) is 7.87. The van der Waals surface area contributed by atoms with E-state index in [1.54, 1.807) is 7.11 Å². The highest BCUT2D eigenvalue weighted by Crippen LogP contribution is 2.29. The van der Waals surface area contributed by atoms with Crippen molar-refractivity contribution in [2.75, 3.05) is 19.5 Å². The third-order valence-electron chi connectivity index (χ3n) is 3.57. The number of benzene rings is 2. The van der Waals surface area contributed by atoms with Crippen LogP contribution < -0.4 is 9.47 Å². The molecule has 0 heterocycles. The average Bonchev–Trinajstić information content (AvgIpc) is 2.56. The molecule has 0 aromatic heterocycles. The molecule has 0 amide bonds. The molecule has 0 bridgehead atoms. The van der Waals surface area contributed by atoms with Gasteiger partial charge in [0, 0.05) is 11.7 Å². The minimum Gasteiger partial charge on any atom is -0.493 e. The number of hydrogen-bond acceptors (Lipinski definition) is 3. The summed E-state index contributed by atoms with van der Waals surface area (Å²) in [6.07, 6.45) is 0.986. The van der Waals surface area contributed by atoms with Gasteiger partial charge >= 0.3 is 0 Å². The molecular weight excluding hydrogens is 280 g/mol. The Balaban J connectivity index is 2.08. The van der Waals surface area contributed by atoms with E-state index < -0.39 is 0 Å². The molecule has 1 atom stereocenters. The van der Waals surface area contributed by atoms with Crippen LogP contribution in [0.25, 0.3) is 0 Å². The van der Waals surface area contributed by atoms with Crippen molar-refractivity contribution in [3.63, 3.8) is 0 Å². The molecule has 0 aliphatic heterocycles. The van der Waals surface area contributed by atoms with Gasteiger partial charge in [-0.25, -0.2) is 0 Å². The zero-order valence-electron chi connectivity index (χ0n) is 12.6. The van der Waals surface area contributed by atoms with Crippen molar-refractivity contribution in [2.45, 2.75) is 19.3 Å². The Labute approximate surface area is 132 Å². The number of thiol groups is 1. The van der Waals surface area contributed by atoms with Crippen LogP contribution in [0.15, 0.2) is 48.5 Å². The van der Waals surface area contributed by atoms with Crippen LogP contribution in [0, 0.1) is 0 Å². The van der Waals surface area contributed by atoms with Gasteiger partial charge in [-0.3, -0.25) is 0 Å². The van der Waals surface area contributed by atoms with Gasteiger partial charge in [0.1, 0.15) is 0 Å². The van der Waals surface area contributed by atoms with Crippen LogP contribution in [0.1, 0.15) is 24.0 Å². The van der Waals surface area contributed by atoms with Crippen LogP contribution in [-0.2, 0) is 6.42 Å². The summed E-state index contributed by atoms with van der Waals surface area (Å²) in [5.74, 6) is 2.60. The molecule has 2 nitrogen and oxygen atoms in total. The Hall–Kier alpha value is -1.61. The molecule has 0 saturated heterocycles. The second kappa shape index (κ2) is 7.99. The molecule has 0 spiro atoms. The highest BCUT2D eigenvalue weighted by molar-refractivity contribution is 7.80. The Morgan fingerprint density at radius 2 is 1.81 bits per heavy atom. The van der Waals surface area contributed by atoms with E-state index in [0.717, 1.165) is 23.7 Å². The monoisotopic (exact) mass is 302 g/mol. The van der Waals surface area contributed by atoms with E-state index in [0.29, 0.717) is 6.61 Å². The summed E-state index contributed by atoms with van der Waals surface area (Å²) >= 11 is 4.44. The number of aryl methyl sites for hydroxylation is 1. The molecule has 0 fully saturated rings. The maximum absolute atomic E-state index is 5.96. The summed E-state index contributed by atoms with van der Waals surface area (Å²) in [5, 5.41) is 0. The summed E-state index contributed by atoms with van der Waals surface area (Å²) in [7, 11) is 1.68. The molecule has 2 rings (SSSR count). The fraction of sp³-hybridized carbons (Fsp3) is 0.333. The van der Waals surface area contributed by atoms with E-state index >= 15 is 0 Å². The normalized spacial score (nSPS) is 12.0. The van der Waals surface area contributed by atoms with Crippen LogP contribution in [0.2, 0.25) is 0 Å². The quantitative estimate of drug-likeness (QED) is 0.767. The van der Waals surface area contributed by atoms with Crippen molar-refractivity contribution in [3.05, 3.63) is 59.7 Å².